The number of benzene rings is 3. The summed E-state index contributed by atoms with van der Waals surface area (Å²) in [4.78, 5) is 26.1. The molecule has 26 heavy (non-hydrogen) atoms. The van der Waals surface area contributed by atoms with Crippen molar-refractivity contribution in [1.82, 2.24) is 0 Å². The zero-order valence-electron chi connectivity index (χ0n) is 14.4. The van der Waals surface area contributed by atoms with Crippen LogP contribution in [0.1, 0.15) is 18.4 Å². The Kier molecular flexibility index (Phi) is 4.40. The van der Waals surface area contributed by atoms with Crippen LogP contribution in [0.4, 0.5) is 11.4 Å². The highest BCUT2D eigenvalue weighted by molar-refractivity contribution is 5.97. The number of rotatable bonds is 4. The monoisotopic (exact) mass is 344 g/mol. The van der Waals surface area contributed by atoms with Crippen LogP contribution in [0.5, 0.6) is 0 Å². The van der Waals surface area contributed by atoms with Gasteiger partial charge in [0, 0.05) is 24.3 Å². The molecule has 0 bridgehead atoms. The summed E-state index contributed by atoms with van der Waals surface area (Å²) in [5, 5.41) is 5.24. The third-order valence-electron chi connectivity index (χ3n) is 4.69. The first-order valence-electron chi connectivity index (χ1n) is 8.87. The van der Waals surface area contributed by atoms with Gasteiger partial charge in [0.1, 0.15) is 0 Å². The second kappa shape index (κ2) is 7.00. The van der Waals surface area contributed by atoms with Crippen LogP contribution in [0.15, 0.2) is 66.7 Å². The van der Waals surface area contributed by atoms with Gasteiger partial charge in [-0.05, 0) is 41.0 Å². The zero-order chi connectivity index (χ0) is 17.9. The van der Waals surface area contributed by atoms with Crippen LogP contribution < -0.4 is 10.2 Å². The minimum atomic E-state index is -0.0646. The molecule has 0 aromatic heterocycles. The molecule has 2 amide bonds. The number of anilines is 2. The normalized spacial score (nSPS) is 14.0. The van der Waals surface area contributed by atoms with Crippen molar-refractivity contribution >= 4 is 34.0 Å². The maximum atomic E-state index is 12.4. The Morgan fingerprint density at radius 2 is 1.81 bits per heavy atom. The van der Waals surface area contributed by atoms with Crippen molar-refractivity contribution < 1.29 is 9.59 Å². The minimum Gasteiger partial charge on any atom is -0.326 e. The maximum Gasteiger partial charge on any atom is 0.228 e. The van der Waals surface area contributed by atoms with Crippen molar-refractivity contribution in [3.05, 3.63) is 72.3 Å². The van der Waals surface area contributed by atoms with Crippen LogP contribution in [0.2, 0.25) is 0 Å². The van der Waals surface area contributed by atoms with Crippen molar-refractivity contribution in [2.24, 2.45) is 0 Å². The van der Waals surface area contributed by atoms with Gasteiger partial charge in [-0.25, -0.2) is 0 Å². The number of hydrogen-bond acceptors (Lipinski definition) is 2. The van der Waals surface area contributed by atoms with E-state index in [9.17, 15) is 9.59 Å². The molecule has 0 aliphatic carbocycles. The highest BCUT2D eigenvalue weighted by Gasteiger charge is 2.21. The Bertz CT molecular complexity index is 981. The van der Waals surface area contributed by atoms with E-state index < -0.39 is 0 Å². The molecule has 4 rings (SSSR count). The highest BCUT2D eigenvalue weighted by atomic mass is 16.2. The van der Waals surface area contributed by atoms with E-state index in [-0.39, 0.29) is 11.8 Å². The average molecular weight is 344 g/mol. The fourth-order valence-corrected chi connectivity index (χ4v) is 3.41. The van der Waals surface area contributed by atoms with E-state index in [2.05, 4.69) is 11.4 Å². The molecule has 0 radical (unpaired) electrons. The molecule has 130 valence electrons. The van der Waals surface area contributed by atoms with Gasteiger partial charge in [-0.1, -0.05) is 48.5 Å². The van der Waals surface area contributed by atoms with Crippen molar-refractivity contribution in [2.75, 3.05) is 16.8 Å². The topological polar surface area (TPSA) is 49.4 Å². The average Bonchev–Trinajstić information content (AvgIpc) is 3.08. The largest absolute Gasteiger partial charge is 0.326 e. The van der Waals surface area contributed by atoms with Crippen LogP contribution in [0.25, 0.3) is 10.8 Å². The molecule has 0 atom stereocenters. The number of hydrogen-bond donors (Lipinski definition) is 1. The smallest absolute Gasteiger partial charge is 0.228 e. The molecule has 0 unspecified atom stereocenters. The Morgan fingerprint density at radius 1 is 0.962 bits per heavy atom. The first-order chi connectivity index (χ1) is 12.7. The second-order valence-electron chi connectivity index (χ2n) is 6.61. The van der Waals surface area contributed by atoms with Crippen LogP contribution in [0, 0.1) is 0 Å². The molecule has 4 nitrogen and oxygen atoms in total. The number of nitrogens with zero attached hydrogens (tertiary/aromatic N) is 1. The Morgan fingerprint density at radius 3 is 2.62 bits per heavy atom. The lowest BCUT2D eigenvalue weighted by Gasteiger charge is -2.16. The lowest BCUT2D eigenvalue weighted by molar-refractivity contribution is -0.117. The lowest BCUT2D eigenvalue weighted by Crippen LogP contribution is -2.23. The molecular formula is C22H20N2O2. The molecule has 3 aromatic carbocycles. The first kappa shape index (κ1) is 16.3. The summed E-state index contributed by atoms with van der Waals surface area (Å²) in [6, 6.07) is 21.7. The summed E-state index contributed by atoms with van der Waals surface area (Å²) < 4.78 is 0. The summed E-state index contributed by atoms with van der Waals surface area (Å²) in [7, 11) is 0. The number of carbonyl (C=O) groups is 2. The van der Waals surface area contributed by atoms with Crippen LogP contribution >= 0.6 is 0 Å². The van der Waals surface area contributed by atoms with Crippen LogP contribution in [0.3, 0.4) is 0 Å². The molecular weight excluding hydrogens is 324 g/mol. The molecule has 1 aliphatic rings. The quantitative estimate of drug-likeness (QED) is 0.773. The molecule has 1 aliphatic heterocycles. The predicted molar refractivity (Wildman–Crippen MR) is 104 cm³/mol. The summed E-state index contributed by atoms with van der Waals surface area (Å²) in [5.41, 5.74) is 2.54. The highest BCUT2D eigenvalue weighted by Crippen LogP contribution is 2.24. The maximum absolute atomic E-state index is 12.4. The van der Waals surface area contributed by atoms with Crippen LogP contribution in [-0.2, 0) is 16.0 Å². The first-order valence-corrected chi connectivity index (χ1v) is 8.87. The van der Waals surface area contributed by atoms with E-state index in [4.69, 9.17) is 0 Å². The molecule has 0 spiro atoms. The molecule has 1 saturated heterocycles. The van der Waals surface area contributed by atoms with Crippen molar-refractivity contribution in [3.63, 3.8) is 0 Å². The van der Waals surface area contributed by atoms with Gasteiger partial charge in [0.15, 0.2) is 0 Å². The predicted octanol–water partition coefficient (Wildman–Crippen LogP) is 4.15. The molecule has 4 heteroatoms. The summed E-state index contributed by atoms with van der Waals surface area (Å²) in [5.74, 6) is 0.0785. The van der Waals surface area contributed by atoms with E-state index in [1.807, 2.05) is 60.7 Å². The van der Waals surface area contributed by atoms with Crippen molar-refractivity contribution in [3.8, 4) is 0 Å². The molecule has 3 aromatic rings. The lowest BCUT2D eigenvalue weighted by atomic mass is 10.0. The van der Waals surface area contributed by atoms with Gasteiger partial charge >= 0.3 is 0 Å². The van der Waals surface area contributed by atoms with E-state index >= 15 is 0 Å². The van der Waals surface area contributed by atoms with Crippen molar-refractivity contribution in [1.29, 1.82) is 0 Å². The number of fused-ring (bicyclic) bond motifs is 1. The SMILES string of the molecule is O=C(Cc1ccc2ccccc2c1)Nc1cccc(N2CCCC2=O)c1. The molecule has 1 heterocycles. The summed E-state index contributed by atoms with van der Waals surface area (Å²) in [6.07, 6.45) is 1.80. The fraction of sp³-hybridized carbons (Fsp3) is 0.182. The Labute approximate surface area is 152 Å². The van der Waals surface area contributed by atoms with Gasteiger partial charge < -0.3 is 10.2 Å². The minimum absolute atomic E-state index is 0.0646. The van der Waals surface area contributed by atoms with E-state index in [0.29, 0.717) is 18.5 Å². The van der Waals surface area contributed by atoms with E-state index in [1.54, 1.807) is 4.90 Å². The Hall–Kier alpha value is -3.14. The fourth-order valence-electron chi connectivity index (χ4n) is 3.41. The van der Waals surface area contributed by atoms with Gasteiger partial charge in [0.05, 0.1) is 6.42 Å². The molecule has 0 saturated carbocycles. The van der Waals surface area contributed by atoms with Crippen LogP contribution in [-0.4, -0.2) is 18.4 Å². The van der Waals surface area contributed by atoms with E-state index in [1.165, 1.54) is 5.39 Å². The molecule has 1 fully saturated rings. The number of amides is 2. The third kappa shape index (κ3) is 3.45. The van der Waals surface area contributed by atoms with Gasteiger partial charge in [-0.15, -0.1) is 0 Å². The van der Waals surface area contributed by atoms with Gasteiger partial charge in [-0.3, -0.25) is 9.59 Å². The van der Waals surface area contributed by atoms with Gasteiger partial charge in [0.25, 0.3) is 0 Å². The van der Waals surface area contributed by atoms with Crippen molar-refractivity contribution in [2.45, 2.75) is 19.3 Å². The molecule has 1 N–H and O–H groups in total. The standard InChI is InChI=1S/C22H20N2O2/c25-21(14-16-10-11-17-5-1-2-6-18(17)13-16)23-19-7-3-8-20(15-19)24-12-4-9-22(24)26/h1-3,5-8,10-11,13,15H,4,9,12,14H2,(H,23,25). The second-order valence-corrected chi connectivity index (χ2v) is 6.61. The van der Waals surface area contributed by atoms with E-state index in [0.717, 1.165) is 29.6 Å². The van der Waals surface area contributed by atoms with Gasteiger partial charge in [0.2, 0.25) is 11.8 Å². The third-order valence-corrected chi connectivity index (χ3v) is 4.69. The number of nitrogens with one attached hydrogen (secondary N) is 1. The summed E-state index contributed by atoms with van der Waals surface area (Å²) in [6.45, 7) is 0.743. The Balaban J connectivity index is 1.46. The zero-order valence-corrected chi connectivity index (χ0v) is 14.4. The summed E-state index contributed by atoms with van der Waals surface area (Å²) >= 11 is 0. The number of carbonyl (C=O) groups excluding carboxylic acids is 2. The van der Waals surface area contributed by atoms with Gasteiger partial charge in [-0.2, -0.15) is 0 Å².